The molecule has 1 amide bonds. The monoisotopic (exact) mass is 339 g/mol. The largest absolute Gasteiger partial charge is 0.497 e. The van der Waals surface area contributed by atoms with Gasteiger partial charge in [0.15, 0.2) is 0 Å². The number of carbonyl (C=O) groups excluding carboxylic acids is 1. The van der Waals surface area contributed by atoms with Crippen LogP contribution in [0.5, 0.6) is 5.75 Å². The maximum absolute atomic E-state index is 12.9. The predicted molar refractivity (Wildman–Crippen MR) is 98.8 cm³/mol. The first-order chi connectivity index (χ1) is 12.0. The van der Waals surface area contributed by atoms with E-state index < -0.39 is 0 Å². The van der Waals surface area contributed by atoms with Crippen LogP contribution in [0.25, 0.3) is 5.57 Å². The Morgan fingerprint density at radius 2 is 1.96 bits per heavy atom. The molecule has 1 aromatic carbocycles. The second kappa shape index (κ2) is 7.13. The molecule has 2 heterocycles. The predicted octanol–water partition coefficient (Wildman–Crippen LogP) is 3.48. The molecule has 0 aliphatic carbocycles. The molecule has 0 N–H and O–H groups in total. The molecule has 0 unspecified atom stereocenters. The molecule has 5 nitrogen and oxygen atoms in total. The first-order valence-electron chi connectivity index (χ1n) is 8.66. The SMILES string of the molecule is COc1ccc(C2=CCN(C(=O)c3cn(C)nc3C(C)C)CC2)cc1. The molecule has 0 atom stereocenters. The molecule has 5 heteroatoms. The quantitative estimate of drug-likeness (QED) is 0.857. The van der Waals surface area contributed by atoms with E-state index in [1.54, 1.807) is 11.8 Å². The normalized spacial score (nSPS) is 14.6. The third-order valence-electron chi connectivity index (χ3n) is 4.59. The van der Waals surface area contributed by atoms with E-state index in [0.717, 1.165) is 30.0 Å². The summed E-state index contributed by atoms with van der Waals surface area (Å²) < 4.78 is 6.93. The molecule has 1 aliphatic rings. The Morgan fingerprint density at radius 1 is 1.24 bits per heavy atom. The fourth-order valence-electron chi connectivity index (χ4n) is 3.19. The molecule has 1 aliphatic heterocycles. The summed E-state index contributed by atoms with van der Waals surface area (Å²) in [6.07, 6.45) is 4.84. The number of hydrogen-bond donors (Lipinski definition) is 0. The highest BCUT2D eigenvalue weighted by Gasteiger charge is 2.24. The zero-order valence-electron chi connectivity index (χ0n) is 15.3. The van der Waals surface area contributed by atoms with Gasteiger partial charge in [0.2, 0.25) is 0 Å². The van der Waals surface area contributed by atoms with Gasteiger partial charge < -0.3 is 9.64 Å². The summed E-state index contributed by atoms with van der Waals surface area (Å²) in [5.41, 5.74) is 4.07. The van der Waals surface area contributed by atoms with Crippen molar-refractivity contribution in [1.82, 2.24) is 14.7 Å². The van der Waals surface area contributed by atoms with E-state index in [-0.39, 0.29) is 11.8 Å². The van der Waals surface area contributed by atoms with Gasteiger partial charge in [-0.25, -0.2) is 0 Å². The highest BCUT2D eigenvalue weighted by molar-refractivity contribution is 5.95. The van der Waals surface area contributed by atoms with Crippen molar-refractivity contribution >= 4 is 11.5 Å². The van der Waals surface area contributed by atoms with Crippen LogP contribution in [0.4, 0.5) is 0 Å². The molecule has 25 heavy (non-hydrogen) atoms. The molecular formula is C20H25N3O2. The molecule has 2 aromatic rings. The molecule has 0 saturated carbocycles. The first-order valence-corrected chi connectivity index (χ1v) is 8.66. The van der Waals surface area contributed by atoms with E-state index in [1.807, 2.05) is 30.3 Å². The zero-order chi connectivity index (χ0) is 18.0. The van der Waals surface area contributed by atoms with Gasteiger partial charge in [0, 0.05) is 26.3 Å². The standard InChI is InChI=1S/C20H25N3O2/c1-14(2)19-18(13-22(3)21-19)20(24)23-11-9-16(10-12-23)15-5-7-17(25-4)8-6-15/h5-9,13-14H,10-12H2,1-4H3. The van der Waals surface area contributed by atoms with E-state index in [9.17, 15) is 4.79 Å². The summed E-state index contributed by atoms with van der Waals surface area (Å²) in [7, 11) is 3.53. The molecule has 132 valence electrons. The van der Waals surface area contributed by atoms with Crippen molar-refractivity contribution in [2.45, 2.75) is 26.2 Å². The molecule has 3 rings (SSSR count). The van der Waals surface area contributed by atoms with E-state index in [2.05, 4.69) is 37.2 Å². The maximum atomic E-state index is 12.9. The number of rotatable bonds is 4. The van der Waals surface area contributed by atoms with Gasteiger partial charge in [0.1, 0.15) is 5.75 Å². The Balaban J connectivity index is 1.74. The number of nitrogens with zero attached hydrogens (tertiary/aromatic N) is 3. The number of aromatic nitrogens is 2. The fourth-order valence-corrected chi connectivity index (χ4v) is 3.19. The van der Waals surface area contributed by atoms with Crippen molar-refractivity contribution in [3.05, 3.63) is 53.4 Å². The van der Waals surface area contributed by atoms with Crippen LogP contribution in [-0.2, 0) is 7.05 Å². The van der Waals surface area contributed by atoms with Gasteiger partial charge in [-0.15, -0.1) is 0 Å². The van der Waals surface area contributed by atoms with Crippen molar-refractivity contribution in [2.24, 2.45) is 7.05 Å². The van der Waals surface area contributed by atoms with Gasteiger partial charge in [-0.05, 0) is 35.6 Å². The Morgan fingerprint density at radius 3 is 2.52 bits per heavy atom. The number of amides is 1. The molecule has 0 fully saturated rings. The van der Waals surface area contributed by atoms with E-state index in [4.69, 9.17) is 4.74 Å². The van der Waals surface area contributed by atoms with Crippen LogP contribution in [0.2, 0.25) is 0 Å². The van der Waals surface area contributed by atoms with Gasteiger partial charge in [0.25, 0.3) is 5.91 Å². The smallest absolute Gasteiger partial charge is 0.257 e. The highest BCUT2D eigenvalue weighted by Crippen LogP contribution is 2.26. The van der Waals surface area contributed by atoms with Crippen molar-refractivity contribution in [3.63, 3.8) is 0 Å². The summed E-state index contributed by atoms with van der Waals surface area (Å²) >= 11 is 0. The molecule has 1 aromatic heterocycles. The van der Waals surface area contributed by atoms with Crippen molar-refractivity contribution in [1.29, 1.82) is 0 Å². The lowest BCUT2D eigenvalue weighted by atomic mass is 9.98. The number of ether oxygens (including phenoxy) is 1. The minimum atomic E-state index is 0.0711. The fraction of sp³-hybridized carbons (Fsp3) is 0.400. The average molecular weight is 339 g/mol. The lowest BCUT2D eigenvalue weighted by Gasteiger charge is -2.27. The van der Waals surface area contributed by atoms with E-state index in [1.165, 1.54) is 11.1 Å². The van der Waals surface area contributed by atoms with Crippen LogP contribution in [0.1, 0.15) is 47.8 Å². The third kappa shape index (κ3) is 3.60. The molecule has 0 bridgehead atoms. The number of hydrogen-bond acceptors (Lipinski definition) is 3. The molecule has 0 spiro atoms. The molecule has 0 saturated heterocycles. The lowest BCUT2D eigenvalue weighted by molar-refractivity contribution is 0.0771. The Labute approximate surface area is 148 Å². The van der Waals surface area contributed by atoms with Crippen LogP contribution in [0.15, 0.2) is 36.5 Å². The Bertz CT molecular complexity index is 788. The van der Waals surface area contributed by atoms with Crippen molar-refractivity contribution < 1.29 is 9.53 Å². The van der Waals surface area contributed by atoms with Crippen molar-refractivity contribution in [2.75, 3.05) is 20.2 Å². The summed E-state index contributed by atoms with van der Waals surface area (Å²) in [6, 6.07) is 8.08. The van der Waals surface area contributed by atoms with Crippen LogP contribution < -0.4 is 4.74 Å². The molecule has 0 radical (unpaired) electrons. The highest BCUT2D eigenvalue weighted by atomic mass is 16.5. The summed E-state index contributed by atoms with van der Waals surface area (Å²) in [4.78, 5) is 14.8. The van der Waals surface area contributed by atoms with Gasteiger partial charge in [-0.2, -0.15) is 5.10 Å². The zero-order valence-corrected chi connectivity index (χ0v) is 15.3. The van der Waals surface area contributed by atoms with Crippen LogP contribution >= 0.6 is 0 Å². The van der Waals surface area contributed by atoms with Crippen molar-refractivity contribution in [3.8, 4) is 5.75 Å². The lowest BCUT2D eigenvalue weighted by Crippen LogP contribution is -2.35. The second-order valence-corrected chi connectivity index (χ2v) is 6.72. The summed E-state index contributed by atoms with van der Waals surface area (Å²) in [5.74, 6) is 1.16. The summed E-state index contributed by atoms with van der Waals surface area (Å²) in [5, 5.41) is 4.45. The van der Waals surface area contributed by atoms with Gasteiger partial charge in [0.05, 0.1) is 18.4 Å². The van der Waals surface area contributed by atoms with Crippen LogP contribution in [0.3, 0.4) is 0 Å². The summed E-state index contributed by atoms with van der Waals surface area (Å²) in [6.45, 7) is 5.49. The first kappa shape index (κ1) is 17.3. The molecular weight excluding hydrogens is 314 g/mol. The Kier molecular flexibility index (Phi) is 4.93. The number of carbonyl (C=O) groups is 1. The maximum Gasteiger partial charge on any atom is 0.257 e. The van der Waals surface area contributed by atoms with Gasteiger partial charge in [-0.3, -0.25) is 9.48 Å². The van der Waals surface area contributed by atoms with Gasteiger partial charge >= 0.3 is 0 Å². The van der Waals surface area contributed by atoms with E-state index in [0.29, 0.717) is 6.54 Å². The second-order valence-electron chi connectivity index (χ2n) is 6.72. The minimum absolute atomic E-state index is 0.0711. The van der Waals surface area contributed by atoms with Gasteiger partial charge in [-0.1, -0.05) is 32.1 Å². The van der Waals surface area contributed by atoms with Crippen LogP contribution in [-0.4, -0.2) is 40.8 Å². The number of methoxy groups -OCH3 is 1. The van der Waals surface area contributed by atoms with Crippen LogP contribution in [0, 0.1) is 0 Å². The number of benzene rings is 1. The average Bonchev–Trinajstić information content (AvgIpc) is 3.03. The minimum Gasteiger partial charge on any atom is -0.497 e. The topological polar surface area (TPSA) is 47.4 Å². The number of aryl methyl sites for hydroxylation is 1. The third-order valence-corrected chi connectivity index (χ3v) is 4.59. The van der Waals surface area contributed by atoms with E-state index >= 15 is 0 Å². The Hall–Kier alpha value is -2.56.